The zero-order chi connectivity index (χ0) is 20.3. The summed E-state index contributed by atoms with van der Waals surface area (Å²) in [4.78, 5) is 9.73. The van der Waals surface area contributed by atoms with Crippen LogP contribution >= 0.6 is 0 Å². The Labute approximate surface area is 166 Å². The summed E-state index contributed by atoms with van der Waals surface area (Å²) >= 11 is 0. The molecule has 0 radical (unpaired) electrons. The Morgan fingerprint density at radius 1 is 1.24 bits per heavy atom. The molecule has 1 atom stereocenters. The molecule has 1 aliphatic rings. The number of benzene rings is 1. The molecule has 154 valence electrons. The van der Waals surface area contributed by atoms with Crippen molar-refractivity contribution in [2.75, 3.05) is 19.7 Å². The van der Waals surface area contributed by atoms with Crippen LogP contribution in [0.1, 0.15) is 35.1 Å². The lowest BCUT2D eigenvalue weighted by molar-refractivity contribution is -0.137. The highest BCUT2D eigenvalue weighted by Crippen LogP contribution is 2.31. The van der Waals surface area contributed by atoms with Crippen molar-refractivity contribution >= 4 is 0 Å². The molecule has 2 aromatic heterocycles. The number of halogens is 3. The molecular weight excluding hydrogens is 383 g/mol. The molecule has 1 aromatic carbocycles. The van der Waals surface area contributed by atoms with Crippen molar-refractivity contribution in [3.8, 4) is 5.75 Å². The predicted molar refractivity (Wildman–Crippen MR) is 100 cm³/mol. The maximum Gasteiger partial charge on any atom is 0.416 e. The van der Waals surface area contributed by atoms with E-state index in [2.05, 4.69) is 25.1 Å². The van der Waals surface area contributed by atoms with Crippen LogP contribution in [0.2, 0.25) is 0 Å². The van der Waals surface area contributed by atoms with Gasteiger partial charge in [0.2, 0.25) is 0 Å². The van der Waals surface area contributed by atoms with Gasteiger partial charge in [-0.2, -0.15) is 18.3 Å². The number of hydrogen-bond acceptors (Lipinski definition) is 4. The minimum atomic E-state index is -4.37. The number of hydrogen-bond donors (Lipinski definition) is 2. The number of H-pyrrole nitrogens is 2. The Hall–Kier alpha value is -2.81. The molecule has 29 heavy (non-hydrogen) atoms. The number of likely N-dealkylation sites (tertiary alicyclic amines) is 1. The highest BCUT2D eigenvalue weighted by molar-refractivity contribution is 5.30. The Morgan fingerprint density at radius 2 is 2.14 bits per heavy atom. The van der Waals surface area contributed by atoms with Gasteiger partial charge in [-0.3, -0.25) is 10.00 Å². The van der Waals surface area contributed by atoms with Gasteiger partial charge in [0.25, 0.3) is 0 Å². The van der Waals surface area contributed by atoms with Crippen molar-refractivity contribution in [1.82, 2.24) is 25.1 Å². The van der Waals surface area contributed by atoms with Crippen molar-refractivity contribution in [2.24, 2.45) is 0 Å². The number of nitrogens with one attached hydrogen (secondary N) is 2. The first-order valence-electron chi connectivity index (χ1n) is 9.52. The molecule has 4 rings (SSSR count). The lowest BCUT2D eigenvalue weighted by Gasteiger charge is -2.13. The first kappa shape index (κ1) is 19.5. The summed E-state index contributed by atoms with van der Waals surface area (Å²) in [5.41, 5.74) is 1.22. The second-order valence-electron chi connectivity index (χ2n) is 7.20. The fraction of sp³-hybridized carbons (Fsp3) is 0.400. The van der Waals surface area contributed by atoms with Gasteiger partial charge < -0.3 is 9.72 Å². The molecule has 0 bridgehead atoms. The van der Waals surface area contributed by atoms with Gasteiger partial charge in [0, 0.05) is 37.0 Å². The van der Waals surface area contributed by atoms with Crippen LogP contribution in [0.5, 0.6) is 5.75 Å². The Kier molecular flexibility index (Phi) is 5.57. The lowest BCUT2D eigenvalue weighted by atomic mass is 10.0. The molecular formula is C20H22F3N5O. The van der Waals surface area contributed by atoms with E-state index in [0.717, 1.165) is 55.4 Å². The Balaban J connectivity index is 1.27. The van der Waals surface area contributed by atoms with Crippen LogP contribution in [0.15, 0.2) is 42.7 Å². The number of nitrogens with zero attached hydrogens (tertiary/aromatic N) is 3. The minimum Gasteiger partial charge on any atom is -0.493 e. The summed E-state index contributed by atoms with van der Waals surface area (Å²) in [6.07, 6.45) is 0.788. The van der Waals surface area contributed by atoms with Gasteiger partial charge in [-0.05, 0) is 37.2 Å². The number of aromatic amines is 2. The fourth-order valence-electron chi connectivity index (χ4n) is 3.57. The minimum absolute atomic E-state index is 0.212. The van der Waals surface area contributed by atoms with E-state index in [1.54, 1.807) is 6.20 Å². The first-order valence-corrected chi connectivity index (χ1v) is 9.52. The van der Waals surface area contributed by atoms with Crippen molar-refractivity contribution < 1.29 is 17.9 Å². The molecule has 1 saturated heterocycles. The highest BCUT2D eigenvalue weighted by atomic mass is 19.4. The number of ether oxygens (including phenoxy) is 1. The van der Waals surface area contributed by atoms with Crippen LogP contribution in [0.3, 0.4) is 0 Å². The van der Waals surface area contributed by atoms with E-state index in [9.17, 15) is 13.2 Å². The standard InChI is InChI=1S/C20H22F3N5O/c21-20(22,23)15-2-1-3-17(10-15)29-9-5-16-11-18(27-26-16)14-4-8-28(12-14)13-19-24-6-7-25-19/h1-3,6-7,10-11,14H,4-5,8-9,12-13H2,(H,24,25)(H,26,27)/t14-/m1/s1. The molecule has 0 saturated carbocycles. The van der Waals surface area contributed by atoms with Crippen LogP contribution in [0.4, 0.5) is 13.2 Å². The summed E-state index contributed by atoms with van der Waals surface area (Å²) in [6, 6.07) is 6.95. The zero-order valence-electron chi connectivity index (χ0n) is 15.7. The Bertz CT molecular complexity index is 922. The smallest absolute Gasteiger partial charge is 0.416 e. The van der Waals surface area contributed by atoms with Crippen LogP contribution < -0.4 is 4.74 Å². The second-order valence-corrected chi connectivity index (χ2v) is 7.20. The van der Waals surface area contributed by atoms with E-state index in [1.165, 1.54) is 12.1 Å². The van der Waals surface area contributed by atoms with Gasteiger partial charge in [-0.25, -0.2) is 4.98 Å². The molecule has 6 nitrogen and oxygen atoms in total. The van der Waals surface area contributed by atoms with Gasteiger partial charge in [-0.15, -0.1) is 0 Å². The third kappa shape index (κ3) is 4.97. The van der Waals surface area contributed by atoms with Crippen LogP contribution in [0.25, 0.3) is 0 Å². The predicted octanol–water partition coefficient (Wildman–Crippen LogP) is 3.76. The zero-order valence-corrected chi connectivity index (χ0v) is 15.7. The highest BCUT2D eigenvalue weighted by Gasteiger charge is 2.30. The monoisotopic (exact) mass is 405 g/mol. The van der Waals surface area contributed by atoms with Gasteiger partial charge in [-0.1, -0.05) is 6.07 Å². The maximum atomic E-state index is 12.8. The maximum absolute atomic E-state index is 12.8. The number of imidazole rings is 1. The fourth-order valence-corrected chi connectivity index (χ4v) is 3.57. The molecule has 0 amide bonds. The van der Waals surface area contributed by atoms with Crippen molar-refractivity contribution in [3.05, 3.63) is 65.5 Å². The van der Waals surface area contributed by atoms with E-state index < -0.39 is 11.7 Å². The normalized spacial score (nSPS) is 17.7. The number of aromatic nitrogens is 4. The van der Waals surface area contributed by atoms with Gasteiger partial charge in [0.15, 0.2) is 0 Å². The quantitative estimate of drug-likeness (QED) is 0.628. The van der Waals surface area contributed by atoms with Crippen molar-refractivity contribution in [1.29, 1.82) is 0 Å². The summed E-state index contributed by atoms with van der Waals surface area (Å²) < 4.78 is 43.8. The number of alkyl halides is 3. The third-order valence-corrected chi connectivity index (χ3v) is 5.07. The van der Waals surface area contributed by atoms with E-state index in [1.807, 2.05) is 12.3 Å². The molecule has 0 unspecified atom stereocenters. The number of rotatable bonds is 7. The molecule has 2 N–H and O–H groups in total. The average Bonchev–Trinajstić information content (AvgIpc) is 3.43. The molecule has 1 fully saturated rings. The van der Waals surface area contributed by atoms with Gasteiger partial charge in [0.05, 0.1) is 24.4 Å². The van der Waals surface area contributed by atoms with E-state index in [-0.39, 0.29) is 12.4 Å². The summed E-state index contributed by atoms with van der Waals surface area (Å²) in [6.45, 7) is 2.99. The van der Waals surface area contributed by atoms with Crippen LogP contribution in [0, 0.1) is 0 Å². The summed E-state index contributed by atoms with van der Waals surface area (Å²) in [5, 5.41) is 7.44. The molecule has 0 aliphatic carbocycles. The topological polar surface area (TPSA) is 69.8 Å². The van der Waals surface area contributed by atoms with Gasteiger partial charge >= 0.3 is 6.18 Å². The van der Waals surface area contributed by atoms with Crippen molar-refractivity contribution in [3.63, 3.8) is 0 Å². The molecule has 1 aliphatic heterocycles. The SMILES string of the molecule is FC(F)(F)c1cccc(OCCc2cc([C@@H]3CCN(Cc4ncc[nH]4)C3)n[nH]2)c1. The largest absolute Gasteiger partial charge is 0.493 e. The average molecular weight is 405 g/mol. The van der Waals surface area contributed by atoms with E-state index in [4.69, 9.17) is 4.74 Å². The molecule has 9 heteroatoms. The third-order valence-electron chi connectivity index (χ3n) is 5.07. The summed E-state index contributed by atoms with van der Waals surface area (Å²) in [5.74, 6) is 1.53. The van der Waals surface area contributed by atoms with Crippen LogP contribution in [-0.4, -0.2) is 44.8 Å². The second kappa shape index (κ2) is 8.28. The lowest BCUT2D eigenvalue weighted by Crippen LogP contribution is -2.20. The molecule has 0 spiro atoms. The van der Waals surface area contributed by atoms with E-state index in [0.29, 0.717) is 12.3 Å². The van der Waals surface area contributed by atoms with Crippen molar-refractivity contribution in [2.45, 2.75) is 31.5 Å². The summed E-state index contributed by atoms with van der Waals surface area (Å²) in [7, 11) is 0. The van der Waals surface area contributed by atoms with E-state index >= 15 is 0 Å². The van der Waals surface area contributed by atoms with Gasteiger partial charge in [0.1, 0.15) is 11.6 Å². The molecule has 3 heterocycles. The molecule has 3 aromatic rings. The Morgan fingerprint density at radius 3 is 2.93 bits per heavy atom. The first-order chi connectivity index (χ1) is 14.0. The van der Waals surface area contributed by atoms with Crippen LogP contribution in [-0.2, 0) is 19.1 Å².